The Balaban J connectivity index is 0.000000277. The van der Waals surface area contributed by atoms with E-state index in [0.29, 0.717) is 98.6 Å². The predicted molar refractivity (Wildman–Crippen MR) is 497 cm³/mol. The van der Waals surface area contributed by atoms with Crippen LogP contribution in [0.5, 0.6) is 11.5 Å². The number of halogens is 2. The van der Waals surface area contributed by atoms with Crippen LogP contribution in [-0.2, 0) is 62.0 Å². The Labute approximate surface area is 788 Å². The number of pyridine rings is 2. The fraction of sp³-hybridized carbons (Fsp3) is 0.667. The van der Waals surface area contributed by atoms with Gasteiger partial charge in [-0.05, 0) is 201 Å². The maximum Gasteiger partial charge on any atom is 1.00 e. The molecule has 8 atom stereocenters. The molecule has 5 aromatic rings. The molecule has 2 aromatic heterocycles. The number of ether oxygens (including phenoxy) is 8. The van der Waals surface area contributed by atoms with Crippen LogP contribution in [0.4, 0.5) is 26.7 Å². The van der Waals surface area contributed by atoms with Crippen LogP contribution in [0, 0.1) is 6.57 Å². The molecule has 3 aromatic carbocycles. The quantitative estimate of drug-likeness (QED) is 0.0621. The standard InChI is InChI=1S/C28H32N4O2.C21H28BrN3O2.C16H30N2O3.C11H22N2O.C10H17NO3.C4H6O4.C2H3BO2.CH4.ClH.Na/c1-19-17-32(18-20(2)34-19)23-12-14-31(15-13-23)26-16-30-27-24(6-5-7-25(27)28(26)33-4)21-8-10-22(29-3)11-9-21;1-14-12-25(13-15(2)27-14)16-7-9-24(10-8-16)19-11-23-20-17(21(19)26-3)5-4-6-18(20)22;1-12-10-18(11-13(2)20-12)14-6-8-17(9-7-14)15(19)21-16(3,4)5;1-9-7-13(8-10(2)14-9)11-3-5-12-6-4-11;1-10(2,3)14-9(13)11-6-4-8(12)5-7-11;1-3(5)7-8-4(2)6;1-2(4)5-3;;;/h5-11,16,19-20,23H,12-15,17-18H2,1-2,4H3;4-6,11,14-16H,7-10,12-13H2,1-3H3;12-14H,6-11H2,1-5H3;9-12H,3-8H2,1-2H3;4-7H2,1-3H3;1-2H3;1H3;1H4;1H;/q;;;;;;-1;;;+1/t19-,20+;14-,15+;12-,13+;9-,10+;;;;;;. The molecule has 9 fully saturated rings. The minimum atomic E-state index is -0.639. The first-order valence-electron chi connectivity index (χ1n) is 44.0. The zero-order valence-corrected chi connectivity index (χ0v) is 82.3. The fourth-order valence-corrected chi connectivity index (χ4v) is 17.9. The molecule has 9 aliphatic rings. The number of ketones is 1. The number of morpholine rings is 4. The molecule has 33 heteroatoms. The molecule has 14 rings (SSSR count). The number of para-hydroxylation sites is 2. The fourth-order valence-electron chi connectivity index (χ4n) is 17.5. The minimum Gasteiger partial charge on any atom is -0.793 e. The second-order valence-corrected chi connectivity index (χ2v) is 36.4. The van der Waals surface area contributed by atoms with Crippen molar-refractivity contribution < 1.29 is 111 Å². The van der Waals surface area contributed by atoms with E-state index in [4.69, 9.17) is 54.4 Å². The molecule has 0 bridgehead atoms. The SMILES string of the molecule is C.CC(=O)OOC(C)=O.CC(C)(C)OC(=O)N1CCC(=O)CC1.COc1c(N2CCC(N3C[C@@H](C)O[C@@H](C)C3)CC2)cnc2c(Br)cccc12.C[C@@H]1CN(C2CCN(C(=O)OC(C)(C)C)CC2)C[C@H](C)O1.C[C@@H]1CN(C2CCNCC2)C[C@H](C)O1.Cl.[B-]OC(C)=O.[C-]#[N+]c1ccc(-c2cccc3c(OC)c(N4CCC(N5C[C@@H](C)O[C@@H](C)C5)CC4)cnc23)cc1.[Na+]. The van der Waals surface area contributed by atoms with E-state index in [-0.39, 0.29) is 67.4 Å². The Hall–Kier alpha value is -6.74. The average Bonchev–Trinajstić information content (AvgIpc) is 0.775. The first-order chi connectivity index (χ1) is 58.4. The Morgan fingerprint density at radius 2 is 0.817 bits per heavy atom. The zero-order valence-electron chi connectivity index (χ0n) is 77.9. The molecule has 0 aliphatic carbocycles. The molecule has 695 valence electrons. The molecule has 1 N–H and O–H groups in total. The topological polar surface area (TPSA) is 272 Å². The number of likely N-dealkylation sites (tertiary alicyclic amines) is 2. The van der Waals surface area contributed by atoms with Crippen LogP contribution in [0.2, 0.25) is 0 Å². The number of anilines is 2. The zero-order chi connectivity index (χ0) is 89.8. The van der Waals surface area contributed by atoms with Crippen molar-refractivity contribution in [3.63, 3.8) is 0 Å². The predicted octanol–water partition coefficient (Wildman–Crippen LogP) is 12.3. The third-order valence-electron chi connectivity index (χ3n) is 22.6. The van der Waals surface area contributed by atoms with Gasteiger partial charge in [-0.3, -0.25) is 39.2 Å². The number of methoxy groups -OCH3 is 2. The number of piperidine rings is 5. The summed E-state index contributed by atoms with van der Waals surface area (Å²) in [6, 6.07) is 22.7. The molecule has 3 radical (unpaired) electrons. The number of hydrogen-bond acceptors (Lipinski definition) is 26. The maximum atomic E-state index is 12.1. The van der Waals surface area contributed by atoms with Gasteiger partial charge in [-0.25, -0.2) is 33.8 Å². The summed E-state index contributed by atoms with van der Waals surface area (Å²) in [5.74, 6) is 0.292. The number of carbonyl (C=O) groups is 6. The number of benzene rings is 3. The van der Waals surface area contributed by atoms with Gasteiger partial charge in [0.1, 0.15) is 17.0 Å². The Morgan fingerprint density at radius 3 is 1.15 bits per heavy atom. The summed E-state index contributed by atoms with van der Waals surface area (Å²) in [6.07, 6.45) is 16.3. The summed E-state index contributed by atoms with van der Waals surface area (Å²) in [5.41, 5.74) is 5.91. The number of aromatic nitrogens is 2. The Kier molecular flexibility index (Phi) is 46.7. The van der Waals surface area contributed by atoms with Gasteiger partial charge in [0, 0.05) is 183 Å². The first-order valence-corrected chi connectivity index (χ1v) is 44.7. The van der Waals surface area contributed by atoms with Crippen molar-refractivity contribution >= 4 is 111 Å². The van der Waals surface area contributed by atoms with E-state index in [1.165, 1.54) is 45.7 Å². The Bertz CT molecular complexity index is 4170. The van der Waals surface area contributed by atoms with Crippen molar-refractivity contribution in [3.8, 4) is 22.6 Å². The number of carbonyl (C=O) groups excluding carboxylic acids is 6. The van der Waals surface area contributed by atoms with Gasteiger partial charge in [0.05, 0.1) is 104 Å². The number of fused-ring (bicyclic) bond motifs is 2. The van der Waals surface area contributed by atoms with Crippen molar-refractivity contribution in [2.75, 3.05) is 142 Å². The van der Waals surface area contributed by atoms with Gasteiger partial charge in [-0.15, -0.1) is 12.4 Å². The van der Waals surface area contributed by atoms with Gasteiger partial charge >= 0.3 is 53.7 Å². The number of amides is 2. The van der Waals surface area contributed by atoms with Gasteiger partial charge in [0.15, 0.2) is 17.2 Å². The number of nitrogens with one attached hydrogen (secondary N) is 1. The normalized spacial score (nSPS) is 23.2. The summed E-state index contributed by atoms with van der Waals surface area (Å²) in [6.45, 7) is 56.7. The molecule has 0 unspecified atom stereocenters. The summed E-state index contributed by atoms with van der Waals surface area (Å²) in [4.78, 5) is 103. The monoisotopic (exact) mass is 1850 g/mol. The minimum absolute atomic E-state index is 0. The molecule has 29 nitrogen and oxygen atoms in total. The molecule has 0 spiro atoms. The number of rotatable bonds is 9. The van der Waals surface area contributed by atoms with Gasteiger partial charge in [0.25, 0.3) is 0 Å². The van der Waals surface area contributed by atoms with Crippen LogP contribution in [0.25, 0.3) is 37.8 Å². The van der Waals surface area contributed by atoms with Crippen molar-refractivity contribution in [2.45, 2.75) is 274 Å². The van der Waals surface area contributed by atoms with Gasteiger partial charge in [-0.1, -0.05) is 49.9 Å². The van der Waals surface area contributed by atoms with Crippen LogP contribution < -0.4 is 54.1 Å². The van der Waals surface area contributed by atoms with Gasteiger partial charge < -0.3 is 75.5 Å². The molecular weight excluding hydrogens is 1710 g/mol. The molecule has 2 amide bonds. The number of Topliss-reactive ketones (excluding diaryl/α,β-unsaturated/α-hetero) is 1. The molecule has 9 saturated heterocycles. The van der Waals surface area contributed by atoms with E-state index in [1.807, 2.05) is 95.2 Å². The van der Waals surface area contributed by atoms with Crippen LogP contribution >= 0.6 is 28.3 Å². The molecule has 126 heavy (non-hydrogen) atoms. The summed E-state index contributed by atoms with van der Waals surface area (Å²) < 4.78 is 50.4. The number of hydrogen-bond donors (Lipinski definition) is 1. The van der Waals surface area contributed by atoms with Crippen LogP contribution in [0.15, 0.2) is 77.5 Å². The largest absolute Gasteiger partial charge is 1.00 e. The van der Waals surface area contributed by atoms with Crippen LogP contribution in [0.1, 0.15) is 189 Å². The number of nitrogens with zero attached hydrogens (tertiary/aromatic N) is 11. The summed E-state index contributed by atoms with van der Waals surface area (Å²) >= 11 is 3.59. The second kappa shape index (κ2) is 53.6. The average molecular weight is 1850 g/mol. The van der Waals surface area contributed by atoms with Crippen molar-refractivity contribution in [1.82, 2.24) is 44.7 Å². The molecule has 0 saturated carbocycles. The van der Waals surface area contributed by atoms with E-state index < -0.39 is 29.1 Å². The smallest absolute Gasteiger partial charge is 0.793 e. The third kappa shape index (κ3) is 35.2. The van der Waals surface area contributed by atoms with E-state index in [1.54, 1.807) is 19.1 Å². The summed E-state index contributed by atoms with van der Waals surface area (Å²) in [5, 5.41) is 5.49. The van der Waals surface area contributed by atoms with E-state index >= 15 is 0 Å². The van der Waals surface area contributed by atoms with Gasteiger partial charge in [0.2, 0.25) is 5.97 Å². The van der Waals surface area contributed by atoms with E-state index in [0.717, 1.165) is 197 Å². The molecule has 11 heterocycles. The van der Waals surface area contributed by atoms with Crippen LogP contribution in [-0.4, -0.2) is 300 Å². The van der Waals surface area contributed by atoms with Gasteiger partial charge in [-0.2, -0.15) is 0 Å². The maximum absolute atomic E-state index is 12.1. The summed E-state index contributed by atoms with van der Waals surface area (Å²) in [7, 11) is 7.82. The van der Waals surface area contributed by atoms with E-state index in [9.17, 15) is 28.8 Å². The third-order valence-corrected chi connectivity index (χ3v) is 23.3. The van der Waals surface area contributed by atoms with Crippen molar-refractivity contribution in [2.24, 2.45) is 0 Å². The van der Waals surface area contributed by atoms with Crippen LogP contribution in [0.3, 0.4) is 0 Å². The molecule has 9 aliphatic heterocycles. The van der Waals surface area contributed by atoms with E-state index in [2.05, 4.69) is 158 Å². The van der Waals surface area contributed by atoms with Crippen molar-refractivity contribution in [1.29, 1.82) is 0 Å². The van der Waals surface area contributed by atoms with Crippen molar-refractivity contribution in [3.05, 3.63) is 88.9 Å². The first kappa shape index (κ1) is 110. The second-order valence-electron chi connectivity index (χ2n) is 35.6. The molecular formula is C93H143BBrClN12NaO17. The Morgan fingerprint density at radius 1 is 0.492 bits per heavy atom.